The highest BCUT2D eigenvalue weighted by atomic mass is 35.5. The van der Waals surface area contributed by atoms with Crippen molar-refractivity contribution >= 4 is 27.3 Å². The zero-order chi connectivity index (χ0) is 17.7. The van der Waals surface area contributed by atoms with Gasteiger partial charge in [-0.1, -0.05) is 31.9 Å². The number of rotatable bonds is 8. The monoisotopic (exact) mass is 369 g/mol. The van der Waals surface area contributed by atoms with Gasteiger partial charge in [0, 0.05) is 23.3 Å². The minimum Gasteiger partial charge on any atom is -0.337 e. The smallest absolute Gasteiger partial charge is 0.235 e. The van der Waals surface area contributed by atoms with E-state index < -0.39 is 15.3 Å². The van der Waals surface area contributed by atoms with Gasteiger partial charge in [0.25, 0.3) is 0 Å². The topological polar surface area (TPSA) is 64.0 Å². The molecule has 132 valence electrons. The number of halogens is 1. The van der Waals surface area contributed by atoms with Gasteiger partial charge >= 0.3 is 0 Å². The molecule has 1 aromatic carbocycles. The van der Waals surface area contributed by atoms with Gasteiger partial charge < -0.3 is 4.57 Å². The van der Waals surface area contributed by atoms with Gasteiger partial charge in [0.1, 0.15) is 0 Å². The number of anilines is 1. The summed E-state index contributed by atoms with van der Waals surface area (Å²) in [7, 11) is -3.42. The lowest BCUT2D eigenvalue weighted by molar-refractivity contribution is 0.586. The van der Waals surface area contributed by atoms with Crippen molar-refractivity contribution in [1.29, 1.82) is 0 Å². The first kappa shape index (κ1) is 18.8. The van der Waals surface area contributed by atoms with E-state index in [0.717, 1.165) is 30.6 Å². The van der Waals surface area contributed by atoms with Crippen molar-refractivity contribution in [3.05, 3.63) is 35.7 Å². The summed E-state index contributed by atoms with van der Waals surface area (Å²) in [6.07, 6.45) is 6.49. The fourth-order valence-corrected chi connectivity index (χ4v) is 3.57. The SMILES string of the molecule is CCCCn1cnc(-c2cc(Cl)cc(NS(=O)(=O)C(C)CC)c2)c1. The molecule has 1 heterocycles. The molecule has 0 saturated heterocycles. The fourth-order valence-electron chi connectivity index (χ4n) is 2.25. The van der Waals surface area contributed by atoms with Crippen molar-refractivity contribution in [1.82, 2.24) is 9.55 Å². The van der Waals surface area contributed by atoms with Gasteiger partial charge in [-0.2, -0.15) is 0 Å². The Morgan fingerprint density at radius 1 is 1.29 bits per heavy atom. The quantitative estimate of drug-likeness (QED) is 0.742. The number of nitrogens with one attached hydrogen (secondary N) is 1. The van der Waals surface area contributed by atoms with E-state index >= 15 is 0 Å². The minimum absolute atomic E-state index is 0.459. The molecule has 0 aliphatic rings. The van der Waals surface area contributed by atoms with Crippen LogP contribution in [-0.4, -0.2) is 23.2 Å². The molecule has 1 N–H and O–H groups in total. The number of hydrogen-bond donors (Lipinski definition) is 1. The van der Waals surface area contributed by atoms with Crippen LogP contribution >= 0.6 is 11.6 Å². The van der Waals surface area contributed by atoms with Gasteiger partial charge in [-0.3, -0.25) is 4.72 Å². The maximum absolute atomic E-state index is 12.2. The molecule has 0 spiro atoms. The Labute approximate surface area is 149 Å². The number of unbranched alkanes of at least 4 members (excludes halogenated alkanes) is 1. The molecule has 0 aliphatic heterocycles. The number of aromatic nitrogens is 2. The molecule has 0 aliphatic carbocycles. The highest BCUT2D eigenvalue weighted by molar-refractivity contribution is 7.93. The van der Waals surface area contributed by atoms with E-state index in [9.17, 15) is 8.42 Å². The third kappa shape index (κ3) is 4.74. The zero-order valence-electron chi connectivity index (χ0n) is 14.3. The number of aryl methyl sites for hydroxylation is 1. The Balaban J connectivity index is 2.27. The van der Waals surface area contributed by atoms with Crippen LogP contribution in [0.2, 0.25) is 5.02 Å². The van der Waals surface area contributed by atoms with Crippen molar-refractivity contribution in [3.8, 4) is 11.3 Å². The molecular weight excluding hydrogens is 346 g/mol. The molecule has 2 aromatic rings. The first-order valence-electron chi connectivity index (χ1n) is 8.20. The Morgan fingerprint density at radius 3 is 2.71 bits per heavy atom. The van der Waals surface area contributed by atoms with Crippen LogP contribution in [0.1, 0.15) is 40.0 Å². The molecule has 0 amide bonds. The molecule has 7 heteroatoms. The van der Waals surface area contributed by atoms with Crippen LogP contribution in [0, 0.1) is 0 Å². The summed E-state index contributed by atoms with van der Waals surface area (Å²) in [6, 6.07) is 5.16. The molecule has 1 aromatic heterocycles. The second kappa shape index (κ2) is 8.03. The maximum atomic E-state index is 12.2. The van der Waals surface area contributed by atoms with Crippen LogP contribution < -0.4 is 4.72 Å². The number of imidazole rings is 1. The van der Waals surface area contributed by atoms with Crippen molar-refractivity contribution in [2.24, 2.45) is 0 Å². The summed E-state index contributed by atoms with van der Waals surface area (Å²) in [4.78, 5) is 4.40. The van der Waals surface area contributed by atoms with E-state index in [1.165, 1.54) is 0 Å². The molecular formula is C17H24ClN3O2S. The summed E-state index contributed by atoms with van der Waals surface area (Å²) in [5.41, 5.74) is 2.03. The number of hydrogen-bond acceptors (Lipinski definition) is 3. The standard InChI is InChI=1S/C17H24ClN3O2S/c1-4-6-7-21-11-17(19-12-21)14-8-15(18)10-16(9-14)20-24(22,23)13(3)5-2/h8-13,20H,4-7H2,1-3H3. The normalized spacial score (nSPS) is 13.0. The van der Waals surface area contributed by atoms with Crippen LogP contribution in [0.5, 0.6) is 0 Å². The van der Waals surface area contributed by atoms with E-state index in [1.807, 2.05) is 17.7 Å². The third-order valence-electron chi connectivity index (χ3n) is 3.96. The Bertz CT molecular complexity index is 787. The third-order valence-corrected chi connectivity index (χ3v) is 6.09. The minimum atomic E-state index is -3.42. The highest BCUT2D eigenvalue weighted by Crippen LogP contribution is 2.27. The molecule has 0 saturated carbocycles. The second-order valence-corrected chi connectivity index (χ2v) is 8.48. The molecule has 1 atom stereocenters. The van der Waals surface area contributed by atoms with Crippen molar-refractivity contribution in [2.75, 3.05) is 4.72 Å². The fraction of sp³-hybridized carbons (Fsp3) is 0.471. The Kier molecular flexibility index (Phi) is 6.29. The molecule has 2 rings (SSSR count). The molecule has 5 nitrogen and oxygen atoms in total. The average Bonchev–Trinajstić information content (AvgIpc) is 3.00. The number of benzene rings is 1. The van der Waals surface area contributed by atoms with Crippen LogP contribution in [0.3, 0.4) is 0 Å². The predicted molar refractivity (Wildman–Crippen MR) is 99.9 cm³/mol. The summed E-state index contributed by atoms with van der Waals surface area (Å²) in [5, 5.41) is 0.00523. The molecule has 24 heavy (non-hydrogen) atoms. The summed E-state index contributed by atoms with van der Waals surface area (Å²) < 4.78 is 29.1. The van der Waals surface area contributed by atoms with Gasteiger partial charge in [0.05, 0.1) is 23.0 Å². The second-order valence-electron chi connectivity index (χ2n) is 5.94. The Hall–Kier alpha value is -1.53. The molecule has 0 radical (unpaired) electrons. The largest absolute Gasteiger partial charge is 0.337 e. The zero-order valence-corrected chi connectivity index (χ0v) is 15.9. The van der Waals surface area contributed by atoms with Crippen molar-refractivity contribution in [2.45, 2.75) is 51.8 Å². The lowest BCUT2D eigenvalue weighted by Crippen LogP contribution is -2.24. The molecule has 1 unspecified atom stereocenters. The van der Waals surface area contributed by atoms with Crippen molar-refractivity contribution < 1.29 is 8.42 Å². The van der Waals surface area contributed by atoms with E-state index in [-0.39, 0.29) is 0 Å². The van der Waals surface area contributed by atoms with Crippen LogP contribution in [0.15, 0.2) is 30.7 Å². The van der Waals surface area contributed by atoms with Gasteiger partial charge in [-0.15, -0.1) is 0 Å². The lowest BCUT2D eigenvalue weighted by atomic mass is 10.1. The predicted octanol–water partition coefficient (Wildman–Crippen LogP) is 4.54. The first-order valence-corrected chi connectivity index (χ1v) is 10.1. The van der Waals surface area contributed by atoms with Crippen LogP contribution in [0.4, 0.5) is 5.69 Å². The molecule has 0 fully saturated rings. The van der Waals surface area contributed by atoms with Crippen molar-refractivity contribution in [3.63, 3.8) is 0 Å². The molecule has 0 bridgehead atoms. The van der Waals surface area contributed by atoms with Gasteiger partial charge in [0.2, 0.25) is 10.0 Å². The van der Waals surface area contributed by atoms with Gasteiger partial charge in [-0.25, -0.2) is 13.4 Å². The highest BCUT2D eigenvalue weighted by Gasteiger charge is 2.19. The van der Waals surface area contributed by atoms with E-state index in [4.69, 9.17) is 11.6 Å². The lowest BCUT2D eigenvalue weighted by Gasteiger charge is -2.14. The van der Waals surface area contributed by atoms with Gasteiger partial charge in [0.15, 0.2) is 0 Å². The summed E-state index contributed by atoms with van der Waals surface area (Å²) in [5.74, 6) is 0. The van der Waals surface area contributed by atoms with Gasteiger partial charge in [-0.05, 0) is 38.0 Å². The summed E-state index contributed by atoms with van der Waals surface area (Å²) in [6.45, 7) is 6.58. The first-order chi connectivity index (χ1) is 11.4. The van der Waals surface area contributed by atoms with E-state index in [0.29, 0.717) is 17.1 Å². The maximum Gasteiger partial charge on any atom is 0.235 e. The number of sulfonamides is 1. The van der Waals surface area contributed by atoms with E-state index in [2.05, 4.69) is 16.6 Å². The number of nitrogens with zero attached hydrogens (tertiary/aromatic N) is 2. The summed E-state index contributed by atoms with van der Waals surface area (Å²) >= 11 is 6.16. The Morgan fingerprint density at radius 2 is 2.04 bits per heavy atom. The van der Waals surface area contributed by atoms with Crippen LogP contribution in [0.25, 0.3) is 11.3 Å². The van der Waals surface area contributed by atoms with Crippen LogP contribution in [-0.2, 0) is 16.6 Å². The van der Waals surface area contributed by atoms with E-state index in [1.54, 1.807) is 31.5 Å². The average molecular weight is 370 g/mol.